The van der Waals surface area contributed by atoms with Crippen molar-refractivity contribution in [3.8, 4) is 22.9 Å². The molecule has 3 heterocycles. The van der Waals surface area contributed by atoms with Crippen LogP contribution in [0.1, 0.15) is 83.1 Å². The van der Waals surface area contributed by atoms with Crippen LogP contribution in [0.4, 0.5) is 17.1 Å². The second-order valence-corrected chi connectivity index (χ2v) is 31.4. The van der Waals surface area contributed by atoms with E-state index < -0.39 is 16.1 Å². The number of aryl methyl sites for hydroxylation is 1. The van der Waals surface area contributed by atoms with Crippen LogP contribution in [0.15, 0.2) is 54.6 Å². The molecule has 0 aromatic heterocycles. The number of benzene rings is 3. The maximum Gasteiger partial charge on any atom is 0.225 e. The van der Waals surface area contributed by atoms with Crippen molar-refractivity contribution < 1.29 is 4.79 Å². The van der Waals surface area contributed by atoms with Crippen molar-refractivity contribution in [2.45, 2.75) is 123 Å². The minimum absolute atomic E-state index is 0.0428. The predicted octanol–water partition coefficient (Wildman–Crippen LogP) is 12.9. The van der Waals surface area contributed by atoms with Crippen LogP contribution in [0.5, 0.6) is 0 Å². The fourth-order valence-electron chi connectivity index (χ4n) is 6.75. The highest BCUT2D eigenvalue weighted by atomic mass is 127. The lowest BCUT2D eigenvalue weighted by molar-refractivity contribution is -0.117. The first-order valence-corrected chi connectivity index (χ1v) is 29.7. The van der Waals surface area contributed by atoms with Crippen molar-refractivity contribution in [1.82, 2.24) is 0 Å². The highest BCUT2D eigenvalue weighted by Crippen LogP contribution is 2.40. The van der Waals surface area contributed by atoms with Crippen LogP contribution in [0, 0.1) is 37.0 Å². The number of fused-ring (bicyclic) bond motifs is 3. The number of anilines is 3. The lowest BCUT2D eigenvalue weighted by Gasteiger charge is -2.39. The van der Waals surface area contributed by atoms with Crippen molar-refractivity contribution in [2.24, 2.45) is 0 Å². The minimum Gasteiger partial charge on any atom is -0.385 e. The molecule has 0 unspecified atom stereocenters. The molecule has 9 heteroatoms. The Morgan fingerprint density at radius 1 is 0.727 bits per heavy atom. The molecular weight excluding hydrogens is 1000 g/mol. The first kappa shape index (κ1) is 47.6. The lowest BCUT2D eigenvalue weighted by atomic mass is 9.77. The van der Waals surface area contributed by atoms with E-state index in [2.05, 4.69) is 230 Å². The van der Waals surface area contributed by atoms with Gasteiger partial charge in [0, 0.05) is 49.1 Å². The second kappa shape index (κ2) is 19.8. The molecule has 3 aromatic rings. The van der Waals surface area contributed by atoms with E-state index in [4.69, 9.17) is 0 Å². The first-order valence-electron chi connectivity index (χ1n) is 19.4. The van der Waals surface area contributed by atoms with E-state index in [9.17, 15) is 4.79 Å². The van der Waals surface area contributed by atoms with Gasteiger partial charge in [0.25, 0.3) is 0 Å². The third-order valence-electron chi connectivity index (χ3n) is 9.86. The molecule has 0 radical (unpaired) electrons. The minimum atomic E-state index is -1.26. The van der Waals surface area contributed by atoms with Gasteiger partial charge in [-0.3, -0.25) is 4.79 Å². The van der Waals surface area contributed by atoms with Crippen LogP contribution >= 0.6 is 61.1 Å². The van der Waals surface area contributed by atoms with Crippen molar-refractivity contribution in [1.29, 1.82) is 0 Å². The highest BCUT2D eigenvalue weighted by Gasteiger charge is 2.32. The number of alkyl halides is 1. The summed E-state index contributed by atoms with van der Waals surface area (Å²) in [5.41, 5.74) is 16.5. The lowest BCUT2D eigenvalue weighted by Crippen LogP contribution is -2.37. The second-order valence-electron chi connectivity index (χ2n) is 18.9. The number of carbonyl (C=O) groups excluding carboxylic acids is 1. The maximum atomic E-state index is 11.4. The van der Waals surface area contributed by atoms with Crippen LogP contribution in [-0.2, 0) is 21.0 Å². The van der Waals surface area contributed by atoms with Crippen molar-refractivity contribution in [3.05, 3.63) is 84.0 Å². The number of nitrogens with zero attached hydrogens (tertiary/aromatic N) is 1. The zero-order valence-corrected chi connectivity index (χ0v) is 43.5. The monoisotopic (exact) mass is 1060 g/mol. The Labute approximate surface area is 372 Å². The summed E-state index contributed by atoms with van der Waals surface area (Å²) in [4.78, 5) is 13.9. The molecule has 0 aliphatic carbocycles. The van der Waals surface area contributed by atoms with Crippen LogP contribution in [-0.4, -0.2) is 47.0 Å². The van der Waals surface area contributed by atoms with Crippen LogP contribution < -0.4 is 15.5 Å². The number of halogens is 3. The third kappa shape index (κ3) is 15.2. The Morgan fingerprint density at radius 2 is 1.27 bits per heavy atom. The van der Waals surface area contributed by atoms with Gasteiger partial charge in [-0.1, -0.05) is 126 Å². The zero-order valence-electron chi connectivity index (χ0n) is 35.6. The summed E-state index contributed by atoms with van der Waals surface area (Å²) < 4.78 is 2.54. The fraction of sp³-hybridized carbons (Fsp3) is 0.500. The molecule has 0 bridgehead atoms. The van der Waals surface area contributed by atoms with Gasteiger partial charge in [0.15, 0.2) is 0 Å². The molecular formula is C46H64BrI2N3OSi2. The van der Waals surface area contributed by atoms with E-state index in [1.807, 2.05) is 12.1 Å². The van der Waals surface area contributed by atoms with E-state index in [0.717, 1.165) is 30.7 Å². The number of nitrogens with one attached hydrogen (secondary N) is 2. The number of hydrogen-bond acceptors (Lipinski definition) is 3. The molecule has 55 heavy (non-hydrogen) atoms. The topological polar surface area (TPSA) is 44.4 Å². The quantitative estimate of drug-likeness (QED) is 0.110. The molecule has 0 saturated heterocycles. The average molecular weight is 1060 g/mol. The molecule has 0 saturated carbocycles. The van der Waals surface area contributed by atoms with Crippen LogP contribution in [0.25, 0.3) is 0 Å². The third-order valence-corrected chi connectivity index (χ3v) is 13.3. The molecule has 2 N–H and O–H groups in total. The molecule has 3 aromatic carbocycles. The van der Waals surface area contributed by atoms with Gasteiger partial charge in [0.2, 0.25) is 5.91 Å². The summed E-state index contributed by atoms with van der Waals surface area (Å²) in [6.07, 6.45) is 3.00. The van der Waals surface area contributed by atoms with Gasteiger partial charge in [-0.25, -0.2) is 0 Å². The van der Waals surface area contributed by atoms with Crippen LogP contribution in [0.2, 0.25) is 39.3 Å². The molecule has 0 atom stereocenters. The Balaban J connectivity index is 0.000000206. The highest BCUT2D eigenvalue weighted by molar-refractivity contribution is 14.1. The molecule has 0 fully saturated rings. The van der Waals surface area contributed by atoms with E-state index in [1.165, 1.54) is 53.6 Å². The number of carbonyl (C=O) groups is 1. The Kier molecular flexibility index (Phi) is 17.1. The SMILES string of the molecule is CC1(C)CC(=O)Nc2ccc(I)cc21.CC1(C)CCNc2ccc(I)cc21.C[Si](C)(C)C#CCBr.Cc1ccc2c(c1)C(C)(C)CCN2CC#C[Si](C)(C)C. The molecule has 3 aliphatic heterocycles. The summed E-state index contributed by atoms with van der Waals surface area (Å²) in [5.74, 6) is 6.55. The fourth-order valence-corrected chi connectivity index (χ4v) is 9.36. The zero-order chi connectivity index (χ0) is 41.4. The molecule has 0 spiro atoms. The van der Waals surface area contributed by atoms with Crippen molar-refractivity contribution in [2.75, 3.05) is 40.5 Å². The summed E-state index contributed by atoms with van der Waals surface area (Å²) >= 11 is 7.92. The van der Waals surface area contributed by atoms with Crippen molar-refractivity contribution >= 4 is 100 Å². The average Bonchev–Trinajstić information content (AvgIpc) is 3.05. The predicted molar refractivity (Wildman–Crippen MR) is 268 cm³/mol. The Morgan fingerprint density at radius 3 is 1.84 bits per heavy atom. The summed E-state index contributed by atoms with van der Waals surface area (Å²) in [6.45, 7) is 32.5. The van der Waals surface area contributed by atoms with Gasteiger partial charge in [-0.05, 0) is 135 Å². The molecule has 3 aliphatic rings. The van der Waals surface area contributed by atoms with E-state index >= 15 is 0 Å². The van der Waals surface area contributed by atoms with Gasteiger partial charge in [-0.2, -0.15) is 0 Å². The largest absolute Gasteiger partial charge is 0.385 e. The molecule has 4 nitrogen and oxygen atoms in total. The number of rotatable bonds is 1. The molecule has 1 amide bonds. The Hall–Kier alpha value is -1.78. The van der Waals surface area contributed by atoms with Crippen molar-refractivity contribution in [3.63, 3.8) is 0 Å². The van der Waals surface area contributed by atoms with Gasteiger partial charge < -0.3 is 15.5 Å². The summed E-state index contributed by atoms with van der Waals surface area (Å²) in [6, 6.07) is 19.6. The first-order chi connectivity index (χ1) is 25.3. The Bertz CT molecular complexity index is 1940. The van der Waals surface area contributed by atoms with Gasteiger partial charge in [0.1, 0.15) is 16.1 Å². The summed E-state index contributed by atoms with van der Waals surface area (Å²) in [5, 5.41) is 7.16. The van der Waals surface area contributed by atoms with E-state index in [-0.39, 0.29) is 16.7 Å². The standard InChI is InChI=1S/C18H27NSi.C11H12INO.C11H14IN.C6H11BrSi/c1-15-8-9-17-16(14-15)18(2,3)10-12-19(17)11-7-13-20(4,5)6;1-11(2)6-10(14)13-9-4-3-7(12)5-8(9)11;1-11(2)5-6-13-10-4-3-8(12)7-9(10)11;1-8(2,3)6-4-5-7/h8-9,14H,10-12H2,1-6H3;3-5H,6H2,1-2H3,(H,13,14);3-4,7,13H,5-6H2,1-2H3;5H2,1-3H3. The van der Waals surface area contributed by atoms with Crippen LogP contribution in [0.3, 0.4) is 0 Å². The smallest absolute Gasteiger partial charge is 0.225 e. The van der Waals surface area contributed by atoms with E-state index in [1.54, 1.807) is 0 Å². The summed E-state index contributed by atoms with van der Waals surface area (Å²) in [7, 11) is -2.33. The number of amides is 1. The maximum absolute atomic E-state index is 11.4. The molecule has 6 rings (SSSR count). The number of hydrogen-bond donors (Lipinski definition) is 2. The van der Waals surface area contributed by atoms with E-state index in [0.29, 0.717) is 11.8 Å². The van der Waals surface area contributed by atoms with Gasteiger partial charge in [0.05, 0.1) is 11.9 Å². The van der Waals surface area contributed by atoms with Gasteiger partial charge in [-0.15, -0.1) is 11.1 Å². The normalized spacial score (nSPS) is 16.9. The molecule has 298 valence electrons. The van der Waals surface area contributed by atoms with Gasteiger partial charge >= 0.3 is 0 Å².